The summed E-state index contributed by atoms with van der Waals surface area (Å²) in [6, 6.07) is 8.21. The molecule has 1 aliphatic carbocycles. The van der Waals surface area contributed by atoms with Crippen molar-refractivity contribution in [3.05, 3.63) is 58.4 Å². The summed E-state index contributed by atoms with van der Waals surface area (Å²) in [7, 11) is -2.55. The van der Waals surface area contributed by atoms with Crippen LogP contribution in [0.1, 0.15) is 18.4 Å². The number of hydrogen-bond acceptors (Lipinski definition) is 6. The number of alkyl halides is 1. The smallest absolute Gasteiger partial charge is 0.301 e. The molecule has 1 saturated heterocycles. The van der Waals surface area contributed by atoms with Crippen molar-refractivity contribution in [2.45, 2.75) is 19.0 Å². The zero-order valence-corrected chi connectivity index (χ0v) is 18.8. The number of halogens is 2. The Morgan fingerprint density at radius 2 is 2.06 bits per heavy atom. The molecule has 0 unspecified atom stereocenters. The Labute approximate surface area is 193 Å². The van der Waals surface area contributed by atoms with E-state index in [0.29, 0.717) is 18.4 Å². The molecule has 2 aliphatic rings. The molecule has 1 aromatic heterocycles. The molecule has 1 atom stereocenters. The molecule has 2 heterocycles. The Hall–Kier alpha value is -3.56. The van der Waals surface area contributed by atoms with Crippen LogP contribution < -0.4 is 15.0 Å². The number of ether oxygens (including phenoxy) is 1. The van der Waals surface area contributed by atoms with Crippen LogP contribution in [0.15, 0.2) is 41.5 Å². The fourth-order valence-corrected chi connectivity index (χ4v) is 5.70. The lowest BCUT2D eigenvalue weighted by Gasteiger charge is -2.56. The van der Waals surface area contributed by atoms with E-state index in [-0.39, 0.29) is 41.0 Å². The normalized spacial score (nSPS) is 19.3. The van der Waals surface area contributed by atoms with Crippen molar-refractivity contribution in [2.75, 3.05) is 17.8 Å². The average Bonchev–Trinajstić information content (AvgIpc) is 2.76. The van der Waals surface area contributed by atoms with Gasteiger partial charge in [0, 0.05) is 25.6 Å². The number of nitriles is 1. The van der Waals surface area contributed by atoms with Gasteiger partial charge in [-0.05, 0) is 43.2 Å². The summed E-state index contributed by atoms with van der Waals surface area (Å²) in [5, 5.41) is 9.90. The summed E-state index contributed by atoms with van der Waals surface area (Å²) >= 11 is 0. The number of nitrogens with one attached hydrogen (secondary N) is 1. The van der Waals surface area contributed by atoms with Gasteiger partial charge in [0.1, 0.15) is 23.6 Å². The van der Waals surface area contributed by atoms with E-state index in [1.54, 1.807) is 6.07 Å². The molecule has 0 amide bonds. The molecule has 2 aromatic carbocycles. The van der Waals surface area contributed by atoms with E-state index in [9.17, 15) is 27.3 Å². The number of anilines is 1. The van der Waals surface area contributed by atoms with E-state index in [4.69, 9.17) is 4.74 Å². The Morgan fingerprint density at radius 1 is 1.29 bits per heavy atom. The van der Waals surface area contributed by atoms with Gasteiger partial charge in [-0.15, -0.1) is 0 Å². The summed E-state index contributed by atoms with van der Waals surface area (Å²) in [4.78, 5) is 16.5. The van der Waals surface area contributed by atoms with Crippen molar-refractivity contribution in [3.63, 3.8) is 0 Å². The van der Waals surface area contributed by atoms with Gasteiger partial charge in [0.05, 0.1) is 22.9 Å². The average molecular weight is 487 g/mol. The third-order valence-electron chi connectivity index (χ3n) is 6.45. The molecule has 1 N–H and O–H groups in total. The number of rotatable bonds is 5. The zero-order chi connectivity index (χ0) is 24.3. The highest BCUT2D eigenvalue weighted by Crippen LogP contribution is 2.51. The Bertz CT molecular complexity index is 1530. The molecule has 34 heavy (non-hydrogen) atoms. The fraction of sp³-hybridized carbons (Fsp3) is 0.318. The van der Waals surface area contributed by atoms with Crippen LogP contribution in [0, 0.1) is 22.6 Å². The summed E-state index contributed by atoms with van der Waals surface area (Å²) in [6.07, 6.45) is 1.40. The second-order valence-corrected chi connectivity index (χ2v) is 10.3. The van der Waals surface area contributed by atoms with E-state index in [1.807, 2.05) is 0 Å². The predicted molar refractivity (Wildman–Crippen MR) is 119 cm³/mol. The second-order valence-electron chi connectivity index (χ2n) is 8.60. The molecule has 1 spiro atoms. The molecular formula is C22H19F2N5O4S. The van der Waals surface area contributed by atoms with Crippen LogP contribution in [-0.4, -0.2) is 41.5 Å². The quantitative estimate of drug-likeness (QED) is 0.592. The van der Waals surface area contributed by atoms with Gasteiger partial charge in [-0.3, -0.25) is 9.52 Å². The minimum atomic E-state index is -4.09. The van der Waals surface area contributed by atoms with Crippen molar-refractivity contribution in [1.29, 1.82) is 5.26 Å². The predicted octanol–water partition coefficient (Wildman–Crippen LogP) is 2.83. The molecule has 9 nitrogen and oxygen atoms in total. The first-order valence-corrected chi connectivity index (χ1v) is 11.9. The van der Waals surface area contributed by atoms with Gasteiger partial charge in [0.25, 0.3) is 5.56 Å². The third kappa shape index (κ3) is 3.48. The molecule has 2 fully saturated rings. The summed E-state index contributed by atoms with van der Waals surface area (Å²) in [6.45, 7) is 0.103. The van der Waals surface area contributed by atoms with E-state index in [0.717, 1.165) is 16.4 Å². The Balaban J connectivity index is 1.44. The SMILES string of the molecule is Cn1cnc2ccc(Oc3c(F)ccc(NS(=O)(=O)N4CC5(CC[C@H]5F)C4)c3C#N)cc2c1=O. The fourth-order valence-electron chi connectivity index (χ4n) is 4.27. The first kappa shape index (κ1) is 22.2. The lowest BCUT2D eigenvalue weighted by molar-refractivity contribution is -0.0889. The summed E-state index contributed by atoms with van der Waals surface area (Å²) < 4.78 is 64.2. The molecular weight excluding hydrogens is 468 g/mol. The van der Waals surface area contributed by atoms with Crippen LogP contribution in [0.2, 0.25) is 0 Å². The largest absolute Gasteiger partial charge is 0.453 e. The molecule has 176 valence electrons. The van der Waals surface area contributed by atoms with Gasteiger partial charge < -0.3 is 9.30 Å². The third-order valence-corrected chi connectivity index (χ3v) is 7.87. The van der Waals surface area contributed by atoms with Crippen LogP contribution in [0.25, 0.3) is 10.9 Å². The van der Waals surface area contributed by atoms with Gasteiger partial charge in [-0.2, -0.15) is 18.0 Å². The van der Waals surface area contributed by atoms with Gasteiger partial charge in [-0.1, -0.05) is 0 Å². The molecule has 0 radical (unpaired) electrons. The van der Waals surface area contributed by atoms with Crippen molar-refractivity contribution in [3.8, 4) is 17.6 Å². The molecule has 5 rings (SSSR count). The van der Waals surface area contributed by atoms with Gasteiger partial charge in [0.15, 0.2) is 11.6 Å². The van der Waals surface area contributed by atoms with Crippen molar-refractivity contribution in [2.24, 2.45) is 12.5 Å². The monoisotopic (exact) mass is 487 g/mol. The van der Waals surface area contributed by atoms with Crippen LogP contribution in [0.5, 0.6) is 11.5 Å². The first-order valence-electron chi connectivity index (χ1n) is 10.4. The maximum absolute atomic E-state index is 14.6. The van der Waals surface area contributed by atoms with Crippen LogP contribution in [0.3, 0.4) is 0 Å². The highest BCUT2D eigenvalue weighted by molar-refractivity contribution is 7.90. The minimum absolute atomic E-state index is 0.0516. The van der Waals surface area contributed by atoms with Crippen molar-refractivity contribution in [1.82, 2.24) is 13.9 Å². The highest BCUT2D eigenvalue weighted by atomic mass is 32.2. The van der Waals surface area contributed by atoms with E-state index >= 15 is 0 Å². The van der Waals surface area contributed by atoms with E-state index in [2.05, 4.69) is 9.71 Å². The molecule has 1 saturated carbocycles. The number of hydrogen-bond donors (Lipinski definition) is 1. The van der Waals surface area contributed by atoms with Crippen LogP contribution in [0.4, 0.5) is 14.5 Å². The number of fused-ring (bicyclic) bond motifs is 1. The molecule has 1 aliphatic heterocycles. The number of benzene rings is 2. The number of nitrogens with zero attached hydrogens (tertiary/aromatic N) is 4. The van der Waals surface area contributed by atoms with Gasteiger partial charge in [-0.25, -0.2) is 13.8 Å². The lowest BCUT2D eigenvalue weighted by Crippen LogP contribution is -2.67. The van der Waals surface area contributed by atoms with Crippen molar-refractivity contribution < 1.29 is 21.9 Å². The summed E-state index contributed by atoms with van der Waals surface area (Å²) in [5.41, 5.74) is -1.10. The Kier molecular flexibility index (Phi) is 5.07. The van der Waals surface area contributed by atoms with Gasteiger partial charge >= 0.3 is 10.2 Å². The highest BCUT2D eigenvalue weighted by Gasteiger charge is 2.58. The van der Waals surface area contributed by atoms with E-state index < -0.39 is 33.4 Å². The standard InChI is InChI=1S/C22H19F2N5O4S/c1-28-12-26-17-4-2-13(8-14(17)21(28)30)33-20-15(9-25)18(5-3-16(20)23)27-34(31,32)29-10-22(11-29)7-6-19(22)24/h2-5,8,12,19,27H,6-7,10-11H2,1H3/t19-/m1/s1. The summed E-state index contributed by atoms with van der Waals surface area (Å²) in [5.74, 6) is -1.32. The van der Waals surface area contributed by atoms with Gasteiger partial charge in [0.2, 0.25) is 0 Å². The van der Waals surface area contributed by atoms with Crippen LogP contribution >= 0.6 is 0 Å². The zero-order valence-electron chi connectivity index (χ0n) is 18.0. The first-order chi connectivity index (χ1) is 16.1. The van der Waals surface area contributed by atoms with Crippen LogP contribution in [-0.2, 0) is 17.3 Å². The number of aryl methyl sites for hydroxylation is 1. The molecule has 3 aromatic rings. The molecule has 12 heteroatoms. The second kappa shape index (κ2) is 7.75. The Morgan fingerprint density at radius 3 is 2.71 bits per heavy atom. The van der Waals surface area contributed by atoms with Crippen molar-refractivity contribution >= 4 is 26.8 Å². The minimum Gasteiger partial charge on any atom is -0.453 e. The topological polar surface area (TPSA) is 117 Å². The maximum Gasteiger partial charge on any atom is 0.301 e. The maximum atomic E-state index is 14.6. The lowest BCUT2D eigenvalue weighted by atomic mass is 9.63. The van der Waals surface area contributed by atoms with E-state index in [1.165, 1.54) is 36.1 Å². The molecule has 0 bridgehead atoms. The number of aromatic nitrogens is 2.